The second kappa shape index (κ2) is 17.6. The number of carboxylic acid groups (broad SMARTS) is 2. The van der Waals surface area contributed by atoms with E-state index in [2.05, 4.69) is 55.1 Å². The van der Waals surface area contributed by atoms with Gasteiger partial charge in [-0.05, 0) is 59.5 Å². The fraction of sp³-hybridized carbons (Fsp3) is 0.333. The Kier molecular flexibility index (Phi) is 12.3. The van der Waals surface area contributed by atoms with Crippen molar-refractivity contribution < 1.29 is 38.8 Å². The molecule has 310 valence electrons. The Labute approximate surface area is 353 Å². The van der Waals surface area contributed by atoms with Crippen LogP contribution in [0.5, 0.6) is 0 Å². The van der Waals surface area contributed by atoms with E-state index < -0.39 is 33.9 Å². The number of allylic oxidation sites excluding steroid dienone is 4. The molecule has 0 bridgehead atoms. The highest BCUT2D eigenvalue weighted by molar-refractivity contribution is 7.09. The molecule has 2 N–H and O–H groups in total. The number of hydrogen-bond acceptors (Lipinski definition) is 8. The number of thiophene rings is 1. The summed E-state index contributed by atoms with van der Waals surface area (Å²) in [4.78, 5) is 51.7. The fourth-order valence-electron chi connectivity index (χ4n) is 9.59. The summed E-state index contributed by atoms with van der Waals surface area (Å²) in [6, 6.07) is 25.6. The van der Waals surface area contributed by atoms with E-state index in [4.69, 9.17) is 4.74 Å². The van der Waals surface area contributed by atoms with Crippen LogP contribution in [0.1, 0.15) is 88.1 Å². The molecule has 0 saturated heterocycles. The van der Waals surface area contributed by atoms with Crippen molar-refractivity contribution in [2.24, 2.45) is 0 Å². The summed E-state index contributed by atoms with van der Waals surface area (Å²) in [6.07, 6.45) is 9.59. The van der Waals surface area contributed by atoms with Crippen LogP contribution in [0.25, 0.3) is 21.5 Å². The van der Waals surface area contributed by atoms with Gasteiger partial charge in [-0.15, -0.1) is 11.3 Å². The number of aliphatic carboxylic acids is 2. The predicted molar refractivity (Wildman–Crippen MR) is 236 cm³/mol. The van der Waals surface area contributed by atoms with Gasteiger partial charge in [0.25, 0.3) is 12.2 Å². The van der Waals surface area contributed by atoms with Crippen LogP contribution in [0.3, 0.4) is 0 Å². The average molecular weight is 829 g/mol. The number of nitro benzene ring substituents is 1. The molecule has 3 heterocycles. The first kappa shape index (κ1) is 42.0. The molecule has 12 heteroatoms. The van der Waals surface area contributed by atoms with E-state index in [1.165, 1.54) is 6.07 Å². The zero-order chi connectivity index (χ0) is 42.6. The van der Waals surface area contributed by atoms with Crippen molar-refractivity contribution in [3.63, 3.8) is 0 Å². The van der Waals surface area contributed by atoms with Gasteiger partial charge in [0.2, 0.25) is 0 Å². The summed E-state index contributed by atoms with van der Waals surface area (Å²) >= 11 is 1.57. The topological polar surface area (TPSA) is 150 Å². The van der Waals surface area contributed by atoms with E-state index >= 15 is 0 Å². The Hall–Kier alpha value is -6.14. The minimum absolute atomic E-state index is 0.0924. The van der Waals surface area contributed by atoms with Crippen LogP contribution in [-0.2, 0) is 36.4 Å². The van der Waals surface area contributed by atoms with Crippen LogP contribution in [0, 0.1) is 10.1 Å². The SMILES string of the molecule is CCCCCCC1(C)/C(=C/C=C\C2=[N+](C(CCC(=O)O)OC=O)c3c([N+](=O)[O-])cccc3C2(C)Cc2cccs2)N(CCC(=O)O)c2c1c1ccccc1c1ccccc21. The lowest BCUT2D eigenvalue weighted by molar-refractivity contribution is -0.538. The van der Waals surface area contributed by atoms with Crippen molar-refractivity contribution in [1.29, 1.82) is 0 Å². The second-order valence-corrected chi connectivity index (χ2v) is 17.1. The van der Waals surface area contributed by atoms with Crippen LogP contribution in [0.2, 0.25) is 0 Å². The Morgan fingerprint density at radius 2 is 1.60 bits per heavy atom. The number of fused-ring (bicyclic) bond motifs is 7. The molecule has 3 atom stereocenters. The molecule has 0 amide bonds. The summed E-state index contributed by atoms with van der Waals surface area (Å²) in [5.41, 5.74) is 2.99. The van der Waals surface area contributed by atoms with Crippen LogP contribution in [-0.4, -0.2) is 56.6 Å². The highest BCUT2D eigenvalue weighted by Crippen LogP contribution is 2.56. The molecule has 2 aliphatic rings. The number of anilines is 1. The fourth-order valence-corrected chi connectivity index (χ4v) is 10.5. The molecule has 0 fully saturated rings. The lowest BCUT2D eigenvalue weighted by atomic mass is 9.74. The number of nitro groups is 1. The van der Waals surface area contributed by atoms with Gasteiger partial charge in [-0.2, -0.15) is 4.58 Å². The maximum absolute atomic E-state index is 12.7. The number of para-hydroxylation sites is 1. The highest BCUT2D eigenvalue weighted by Gasteiger charge is 2.54. The molecule has 0 saturated carbocycles. The largest absolute Gasteiger partial charge is 0.481 e. The zero-order valence-electron chi connectivity index (χ0n) is 34.1. The van der Waals surface area contributed by atoms with Gasteiger partial charge >= 0.3 is 23.9 Å². The van der Waals surface area contributed by atoms with E-state index in [1.54, 1.807) is 22.0 Å². The number of carbonyl (C=O) groups is 3. The molecule has 3 unspecified atom stereocenters. The number of unbranched alkanes of at least 4 members (excludes halogenated alkanes) is 3. The number of ether oxygens (including phenoxy) is 1. The van der Waals surface area contributed by atoms with Crippen molar-refractivity contribution in [2.75, 3.05) is 11.4 Å². The van der Waals surface area contributed by atoms with Crippen LogP contribution < -0.4 is 4.90 Å². The van der Waals surface area contributed by atoms with Gasteiger partial charge in [-0.25, -0.2) is 0 Å². The van der Waals surface area contributed by atoms with Gasteiger partial charge in [0.1, 0.15) is 0 Å². The van der Waals surface area contributed by atoms with E-state index in [1.807, 2.05) is 60.9 Å². The number of carboxylic acids is 2. The van der Waals surface area contributed by atoms with Crippen molar-refractivity contribution in [3.05, 3.63) is 134 Å². The van der Waals surface area contributed by atoms with E-state index in [0.29, 0.717) is 17.7 Å². The molecule has 0 radical (unpaired) electrons. The third kappa shape index (κ3) is 7.72. The molecule has 60 heavy (non-hydrogen) atoms. The molecule has 4 aromatic carbocycles. The standard InChI is InChI=1S/C48H49N3O8S/c1-4-5-6-11-27-47(2)39(49(28-26-43(55)56)45-36-19-10-8-17-34(36)33-16-7-9-18-35(33)44(45)47)22-13-23-40-48(3,30-32-15-14-29-60-32)37-20-12-21-38(51(57)58)46(37)50(40)41(59-31-52)24-25-42(53)54/h7-10,12-23,29,31,41H,4-6,11,24-28,30H2,1-3H3,(H-,53,54,55,56)/p+1. The molecule has 11 nitrogen and oxygen atoms in total. The maximum Gasteiger partial charge on any atom is 0.340 e. The molecule has 7 rings (SSSR count). The Bertz CT molecular complexity index is 2560. The number of hydrogen-bond donors (Lipinski definition) is 2. The lowest BCUT2D eigenvalue weighted by Crippen LogP contribution is -2.37. The Balaban J connectivity index is 1.50. The Morgan fingerprint density at radius 1 is 0.900 bits per heavy atom. The van der Waals surface area contributed by atoms with Gasteiger partial charge in [-0.3, -0.25) is 24.5 Å². The Morgan fingerprint density at radius 3 is 2.25 bits per heavy atom. The van der Waals surface area contributed by atoms with E-state index in [-0.39, 0.29) is 43.7 Å². The van der Waals surface area contributed by atoms with Crippen LogP contribution >= 0.6 is 11.3 Å². The highest BCUT2D eigenvalue weighted by atomic mass is 32.1. The van der Waals surface area contributed by atoms with Crippen molar-refractivity contribution in [1.82, 2.24) is 0 Å². The molecule has 0 spiro atoms. The second-order valence-electron chi connectivity index (χ2n) is 16.1. The third-order valence-electron chi connectivity index (χ3n) is 12.3. The summed E-state index contributed by atoms with van der Waals surface area (Å²) in [5, 5.41) is 38.8. The van der Waals surface area contributed by atoms with E-state index in [9.17, 15) is 34.7 Å². The zero-order valence-corrected chi connectivity index (χ0v) is 35.0. The summed E-state index contributed by atoms with van der Waals surface area (Å²) in [5.74, 6) is -2.00. The normalized spacial score (nSPS) is 19.6. The predicted octanol–water partition coefficient (Wildman–Crippen LogP) is 10.6. The van der Waals surface area contributed by atoms with Gasteiger partial charge < -0.3 is 19.8 Å². The summed E-state index contributed by atoms with van der Waals surface area (Å²) in [6.45, 7) is 6.95. The van der Waals surface area contributed by atoms with Gasteiger partial charge in [0.15, 0.2) is 5.71 Å². The molecule has 0 aliphatic carbocycles. The first-order valence-corrected chi connectivity index (χ1v) is 21.4. The van der Waals surface area contributed by atoms with Crippen LogP contribution in [0.15, 0.2) is 108 Å². The average Bonchev–Trinajstić information content (AvgIpc) is 3.90. The first-order valence-electron chi connectivity index (χ1n) is 20.5. The summed E-state index contributed by atoms with van der Waals surface area (Å²) < 4.78 is 7.27. The van der Waals surface area contributed by atoms with Crippen molar-refractivity contribution in [2.45, 2.75) is 95.6 Å². The smallest absolute Gasteiger partial charge is 0.340 e. The molecule has 1 aromatic heterocycles. The minimum atomic E-state index is -1.17. The van der Waals surface area contributed by atoms with E-state index in [0.717, 1.165) is 75.5 Å². The van der Waals surface area contributed by atoms with Gasteiger partial charge in [0.05, 0.1) is 35.3 Å². The third-order valence-corrected chi connectivity index (χ3v) is 13.1. The number of benzene rings is 4. The summed E-state index contributed by atoms with van der Waals surface area (Å²) in [7, 11) is 0. The number of carbonyl (C=O) groups excluding carboxylic acids is 1. The lowest BCUT2D eigenvalue weighted by Gasteiger charge is -2.31. The van der Waals surface area contributed by atoms with Crippen molar-refractivity contribution in [3.8, 4) is 0 Å². The minimum Gasteiger partial charge on any atom is -0.481 e. The first-order chi connectivity index (χ1) is 28.9. The van der Waals surface area contributed by atoms with Gasteiger partial charge in [0, 0.05) is 52.0 Å². The number of rotatable bonds is 19. The number of nitrogens with zero attached hydrogens (tertiary/aromatic N) is 3. The van der Waals surface area contributed by atoms with Gasteiger partial charge in [-0.1, -0.05) is 105 Å². The quantitative estimate of drug-likeness (QED) is 0.0207. The van der Waals surface area contributed by atoms with Crippen LogP contribution in [0.4, 0.5) is 17.1 Å². The molecular formula is C48H50N3O8S+. The molecular weight excluding hydrogens is 779 g/mol. The monoisotopic (exact) mass is 828 g/mol. The maximum atomic E-state index is 12.7. The molecule has 5 aromatic rings. The molecule has 2 aliphatic heterocycles. The van der Waals surface area contributed by atoms with Crippen molar-refractivity contribution >= 4 is 74.1 Å².